The molecule has 3 N–H and O–H groups in total. The standard InChI is InChI=1S/C22H20FN3O2S/c23-18-3-1-2-4-21(18)29-15-5-6-16-14(11-15)7-10-25-20(16)13-26-19-12-24-9-8-17(19)22(27)28/h1-6,8-9,11-12,20,25-26H,7,10,13H2,(H,27,28). The number of fused-ring (bicyclic) bond motifs is 1. The van der Waals surface area contributed by atoms with Gasteiger partial charge in [0.2, 0.25) is 0 Å². The van der Waals surface area contributed by atoms with E-state index in [4.69, 9.17) is 0 Å². The van der Waals surface area contributed by atoms with Crippen LogP contribution in [0.5, 0.6) is 0 Å². The number of aromatic carboxylic acids is 1. The number of carboxylic acids is 1. The van der Waals surface area contributed by atoms with E-state index in [1.807, 2.05) is 12.1 Å². The van der Waals surface area contributed by atoms with Crippen molar-refractivity contribution >= 4 is 23.4 Å². The van der Waals surface area contributed by atoms with E-state index in [0.717, 1.165) is 17.9 Å². The summed E-state index contributed by atoms with van der Waals surface area (Å²) in [4.78, 5) is 17.0. The molecule has 0 saturated carbocycles. The molecule has 1 aliphatic rings. The van der Waals surface area contributed by atoms with Crippen LogP contribution in [0.1, 0.15) is 27.5 Å². The molecule has 0 spiro atoms. The fourth-order valence-electron chi connectivity index (χ4n) is 3.46. The van der Waals surface area contributed by atoms with E-state index in [2.05, 4.69) is 27.8 Å². The molecule has 7 heteroatoms. The molecule has 0 bridgehead atoms. The predicted molar refractivity (Wildman–Crippen MR) is 111 cm³/mol. The van der Waals surface area contributed by atoms with Gasteiger partial charge >= 0.3 is 5.97 Å². The minimum atomic E-state index is -0.985. The number of benzene rings is 2. The molecule has 2 aromatic carbocycles. The second-order valence-electron chi connectivity index (χ2n) is 6.76. The largest absolute Gasteiger partial charge is 0.478 e. The lowest BCUT2D eigenvalue weighted by atomic mass is 9.94. The lowest BCUT2D eigenvalue weighted by molar-refractivity contribution is 0.0697. The second-order valence-corrected chi connectivity index (χ2v) is 7.87. The van der Waals surface area contributed by atoms with Crippen LogP contribution in [0.15, 0.2) is 70.7 Å². The van der Waals surface area contributed by atoms with Crippen molar-refractivity contribution in [2.24, 2.45) is 0 Å². The molecule has 4 rings (SSSR count). The number of anilines is 1. The first-order valence-electron chi connectivity index (χ1n) is 9.31. The zero-order valence-corrected chi connectivity index (χ0v) is 16.4. The van der Waals surface area contributed by atoms with Crippen molar-refractivity contribution in [2.75, 3.05) is 18.4 Å². The first-order valence-corrected chi connectivity index (χ1v) is 10.1. The van der Waals surface area contributed by atoms with Crippen molar-refractivity contribution in [3.05, 3.63) is 83.4 Å². The summed E-state index contributed by atoms with van der Waals surface area (Å²) in [6.07, 6.45) is 3.89. The molecule has 1 aliphatic heterocycles. The SMILES string of the molecule is O=C(O)c1ccncc1NCC1NCCc2cc(Sc3ccccc3F)ccc21. The van der Waals surface area contributed by atoms with Crippen LogP contribution in [0.25, 0.3) is 0 Å². The first kappa shape index (κ1) is 19.4. The Morgan fingerprint density at radius 3 is 2.97 bits per heavy atom. The predicted octanol–water partition coefficient (Wildman–Crippen LogP) is 4.37. The summed E-state index contributed by atoms with van der Waals surface area (Å²) in [5.41, 5.74) is 3.09. The lowest BCUT2D eigenvalue weighted by Gasteiger charge is -2.28. The van der Waals surface area contributed by atoms with Gasteiger partial charge in [0.25, 0.3) is 0 Å². The molecule has 0 fully saturated rings. The van der Waals surface area contributed by atoms with Crippen molar-refractivity contribution in [1.82, 2.24) is 10.3 Å². The number of rotatable bonds is 6. The summed E-state index contributed by atoms with van der Waals surface area (Å²) in [5, 5.41) is 16.0. The molecule has 0 saturated heterocycles. The van der Waals surface area contributed by atoms with Gasteiger partial charge in [-0.05, 0) is 54.4 Å². The number of pyridine rings is 1. The summed E-state index contributed by atoms with van der Waals surface area (Å²) in [6.45, 7) is 1.37. The third-order valence-electron chi connectivity index (χ3n) is 4.89. The highest BCUT2D eigenvalue weighted by Crippen LogP contribution is 2.33. The van der Waals surface area contributed by atoms with Gasteiger partial charge in [-0.3, -0.25) is 4.98 Å². The van der Waals surface area contributed by atoms with Gasteiger partial charge in [0.05, 0.1) is 17.4 Å². The molecule has 1 atom stereocenters. The van der Waals surface area contributed by atoms with Gasteiger partial charge in [0.15, 0.2) is 0 Å². The fraction of sp³-hybridized carbons (Fsp3) is 0.182. The molecule has 29 heavy (non-hydrogen) atoms. The molecular formula is C22H20FN3O2S. The average Bonchev–Trinajstić information content (AvgIpc) is 2.74. The lowest BCUT2D eigenvalue weighted by Crippen LogP contribution is -2.34. The van der Waals surface area contributed by atoms with Gasteiger partial charge < -0.3 is 15.7 Å². The third-order valence-corrected chi connectivity index (χ3v) is 5.93. The molecule has 148 valence electrons. The number of nitrogens with one attached hydrogen (secondary N) is 2. The quantitative estimate of drug-likeness (QED) is 0.561. The molecular weight excluding hydrogens is 389 g/mol. The van der Waals surface area contributed by atoms with E-state index in [0.29, 0.717) is 17.1 Å². The number of carboxylic acid groups (broad SMARTS) is 1. The zero-order valence-electron chi connectivity index (χ0n) is 15.6. The van der Waals surface area contributed by atoms with Crippen LogP contribution in [-0.2, 0) is 6.42 Å². The zero-order chi connectivity index (χ0) is 20.2. The molecule has 0 aliphatic carbocycles. The summed E-state index contributed by atoms with van der Waals surface area (Å²) < 4.78 is 13.9. The van der Waals surface area contributed by atoms with Gasteiger partial charge in [-0.15, -0.1) is 0 Å². The summed E-state index contributed by atoms with van der Waals surface area (Å²) in [5.74, 6) is -1.20. The molecule has 0 radical (unpaired) electrons. The Balaban J connectivity index is 1.50. The van der Waals surface area contributed by atoms with E-state index < -0.39 is 5.97 Å². The van der Waals surface area contributed by atoms with Gasteiger partial charge in [-0.2, -0.15) is 0 Å². The maximum Gasteiger partial charge on any atom is 0.337 e. The fourth-order valence-corrected chi connectivity index (χ4v) is 4.37. The highest BCUT2D eigenvalue weighted by atomic mass is 32.2. The van der Waals surface area contributed by atoms with Crippen LogP contribution in [0.3, 0.4) is 0 Å². The van der Waals surface area contributed by atoms with Crippen LogP contribution in [0, 0.1) is 5.82 Å². The van der Waals surface area contributed by atoms with Crippen LogP contribution in [0.4, 0.5) is 10.1 Å². The van der Waals surface area contributed by atoms with Crippen LogP contribution in [-0.4, -0.2) is 29.1 Å². The van der Waals surface area contributed by atoms with Crippen molar-refractivity contribution in [3.63, 3.8) is 0 Å². The van der Waals surface area contributed by atoms with Gasteiger partial charge in [0, 0.05) is 28.6 Å². The maximum atomic E-state index is 13.9. The number of nitrogens with zero attached hydrogens (tertiary/aromatic N) is 1. The Kier molecular flexibility index (Phi) is 5.78. The van der Waals surface area contributed by atoms with Crippen molar-refractivity contribution in [2.45, 2.75) is 22.3 Å². The normalized spacial score (nSPS) is 15.6. The topological polar surface area (TPSA) is 74.2 Å². The van der Waals surface area contributed by atoms with E-state index in [-0.39, 0.29) is 17.4 Å². The van der Waals surface area contributed by atoms with Gasteiger partial charge in [-0.1, -0.05) is 30.0 Å². The van der Waals surface area contributed by atoms with E-state index >= 15 is 0 Å². The van der Waals surface area contributed by atoms with E-state index in [9.17, 15) is 14.3 Å². The Hall–Kier alpha value is -2.90. The van der Waals surface area contributed by atoms with Gasteiger partial charge in [-0.25, -0.2) is 9.18 Å². The van der Waals surface area contributed by atoms with E-state index in [1.54, 1.807) is 12.1 Å². The summed E-state index contributed by atoms with van der Waals surface area (Å²) in [6, 6.07) is 14.5. The second kappa shape index (κ2) is 8.63. The molecule has 2 heterocycles. The third kappa shape index (κ3) is 4.41. The van der Waals surface area contributed by atoms with Crippen molar-refractivity contribution < 1.29 is 14.3 Å². The van der Waals surface area contributed by atoms with Crippen LogP contribution in [0.2, 0.25) is 0 Å². The Morgan fingerprint density at radius 2 is 2.14 bits per heavy atom. The van der Waals surface area contributed by atoms with Crippen LogP contribution < -0.4 is 10.6 Å². The Labute approximate surface area is 172 Å². The van der Waals surface area contributed by atoms with Crippen molar-refractivity contribution in [3.8, 4) is 0 Å². The highest BCUT2D eigenvalue weighted by Gasteiger charge is 2.21. The number of hydrogen-bond acceptors (Lipinski definition) is 5. The molecule has 1 aromatic heterocycles. The minimum absolute atomic E-state index is 0.0492. The summed E-state index contributed by atoms with van der Waals surface area (Å²) >= 11 is 1.42. The highest BCUT2D eigenvalue weighted by molar-refractivity contribution is 7.99. The number of hydrogen-bond donors (Lipinski definition) is 3. The van der Waals surface area contributed by atoms with Gasteiger partial charge in [0.1, 0.15) is 5.82 Å². The maximum absolute atomic E-state index is 13.9. The molecule has 5 nitrogen and oxygen atoms in total. The number of carbonyl (C=O) groups is 1. The molecule has 0 amide bonds. The van der Waals surface area contributed by atoms with E-state index in [1.165, 1.54) is 47.4 Å². The van der Waals surface area contributed by atoms with Crippen molar-refractivity contribution in [1.29, 1.82) is 0 Å². The molecule has 1 unspecified atom stereocenters. The smallest absolute Gasteiger partial charge is 0.337 e. The Bertz CT molecular complexity index is 1040. The number of halogens is 1. The first-order chi connectivity index (χ1) is 14.1. The van der Waals surface area contributed by atoms with Crippen LogP contribution >= 0.6 is 11.8 Å². The number of aromatic nitrogens is 1. The summed E-state index contributed by atoms with van der Waals surface area (Å²) in [7, 11) is 0. The monoisotopic (exact) mass is 409 g/mol. The average molecular weight is 409 g/mol. The molecule has 3 aromatic rings. The Morgan fingerprint density at radius 1 is 1.28 bits per heavy atom. The minimum Gasteiger partial charge on any atom is -0.478 e.